The first-order valence-electron chi connectivity index (χ1n) is 10.1. The summed E-state index contributed by atoms with van der Waals surface area (Å²) in [5, 5.41) is 7.94. The van der Waals surface area contributed by atoms with Crippen molar-refractivity contribution in [1.82, 2.24) is 15.0 Å². The van der Waals surface area contributed by atoms with Gasteiger partial charge in [0.05, 0.1) is 78.3 Å². The Hall–Kier alpha value is -1.92. The summed E-state index contributed by atoms with van der Waals surface area (Å²) in [4.78, 5) is 21.5. The molecule has 0 unspecified atom stereocenters. The summed E-state index contributed by atoms with van der Waals surface area (Å²) >= 11 is 0. The van der Waals surface area contributed by atoms with Crippen LogP contribution in [-0.2, 0) is 46.2 Å². The normalized spacial score (nSPS) is 11.1. The highest BCUT2D eigenvalue weighted by atomic mass is 16.6. The van der Waals surface area contributed by atoms with E-state index in [1.54, 1.807) is 17.8 Å². The molecule has 0 aliphatic rings. The summed E-state index contributed by atoms with van der Waals surface area (Å²) < 4.78 is 28.6. The number of nitrogens with two attached hydrogens (primary N) is 1. The number of rotatable bonds is 21. The van der Waals surface area contributed by atoms with Crippen molar-refractivity contribution in [3.63, 3.8) is 0 Å². The van der Waals surface area contributed by atoms with Crippen molar-refractivity contribution in [3.05, 3.63) is 11.9 Å². The Balaban J connectivity index is 1.78. The summed E-state index contributed by atoms with van der Waals surface area (Å²) in [5.41, 5.74) is 5.84. The molecule has 1 heterocycles. The van der Waals surface area contributed by atoms with Crippen molar-refractivity contribution in [1.29, 1.82) is 0 Å². The summed E-state index contributed by atoms with van der Waals surface area (Å²) in [5.74, 6) is -0.228. The molecule has 0 aliphatic heterocycles. The number of ketones is 1. The lowest BCUT2D eigenvalue weighted by atomic mass is 10.2. The summed E-state index contributed by atoms with van der Waals surface area (Å²) in [6.07, 6.45) is 2.98. The Labute approximate surface area is 177 Å². The van der Waals surface area contributed by atoms with E-state index in [1.807, 2.05) is 0 Å². The lowest BCUT2D eigenvalue weighted by Crippen LogP contribution is -2.14. The van der Waals surface area contributed by atoms with Crippen LogP contribution in [0.1, 0.15) is 25.5 Å². The Kier molecular flexibility index (Phi) is 15.6. The van der Waals surface area contributed by atoms with Crippen LogP contribution in [-0.4, -0.2) is 92.8 Å². The van der Waals surface area contributed by atoms with E-state index >= 15 is 0 Å². The van der Waals surface area contributed by atoms with Crippen molar-refractivity contribution in [3.8, 4) is 0 Å². The van der Waals surface area contributed by atoms with E-state index in [4.69, 9.17) is 29.4 Å². The topological polar surface area (TPSA) is 137 Å². The molecule has 0 radical (unpaired) electrons. The Morgan fingerprint density at radius 3 is 1.83 bits per heavy atom. The predicted octanol–water partition coefficient (Wildman–Crippen LogP) is -0.242. The van der Waals surface area contributed by atoms with Gasteiger partial charge in [0, 0.05) is 25.5 Å². The van der Waals surface area contributed by atoms with E-state index in [2.05, 4.69) is 10.3 Å². The molecule has 0 saturated carbocycles. The second-order valence-corrected chi connectivity index (χ2v) is 6.45. The molecule has 172 valence electrons. The zero-order valence-corrected chi connectivity index (χ0v) is 17.8. The molecule has 0 atom stereocenters. The van der Waals surface area contributed by atoms with Crippen LogP contribution in [0, 0.1) is 0 Å². The first-order chi connectivity index (χ1) is 14.6. The smallest absolute Gasteiger partial charge is 0.217 e. The maximum Gasteiger partial charge on any atom is 0.217 e. The highest BCUT2D eigenvalue weighted by molar-refractivity contribution is 5.75. The number of aryl methyl sites for hydroxylation is 1. The molecule has 1 rings (SSSR count). The van der Waals surface area contributed by atoms with Crippen LogP contribution in [0.4, 0.5) is 0 Å². The van der Waals surface area contributed by atoms with Gasteiger partial charge in [-0.15, -0.1) is 5.10 Å². The standard InChI is InChI=1S/C19H34N4O7/c1-17(24)4-6-26-8-10-28-12-14-30-15-13-29-11-9-27-7-5-23-16-18(21-22-23)2-3-19(20)25/h16H,2-15H2,1H3,(H2,20,25). The van der Waals surface area contributed by atoms with E-state index in [1.165, 1.54) is 0 Å². The third-order valence-corrected chi connectivity index (χ3v) is 3.76. The molecule has 1 amide bonds. The average molecular weight is 431 g/mol. The summed E-state index contributed by atoms with van der Waals surface area (Å²) in [6, 6.07) is 0. The van der Waals surface area contributed by atoms with Crippen molar-refractivity contribution < 1.29 is 33.3 Å². The molecule has 0 aliphatic carbocycles. The van der Waals surface area contributed by atoms with Crippen molar-refractivity contribution in [2.24, 2.45) is 5.73 Å². The molecule has 0 bridgehead atoms. The number of hydrogen-bond donors (Lipinski definition) is 1. The largest absolute Gasteiger partial charge is 0.379 e. The zero-order valence-electron chi connectivity index (χ0n) is 17.8. The number of ether oxygens (including phenoxy) is 5. The molecular formula is C19H34N4O7. The molecule has 11 heteroatoms. The molecule has 0 aromatic carbocycles. The maximum absolute atomic E-state index is 10.7. The van der Waals surface area contributed by atoms with Gasteiger partial charge in [-0.2, -0.15) is 0 Å². The third-order valence-electron chi connectivity index (χ3n) is 3.76. The van der Waals surface area contributed by atoms with Gasteiger partial charge in [-0.1, -0.05) is 5.21 Å². The fraction of sp³-hybridized carbons (Fsp3) is 0.789. The number of aromatic nitrogens is 3. The fourth-order valence-corrected chi connectivity index (χ4v) is 2.17. The van der Waals surface area contributed by atoms with Crippen LogP contribution in [0.2, 0.25) is 0 Å². The van der Waals surface area contributed by atoms with Gasteiger partial charge >= 0.3 is 0 Å². The van der Waals surface area contributed by atoms with Gasteiger partial charge in [0.25, 0.3) is 0 Å². The van der Waals surface area contributed by atoms with Crippen LogP contribution >= 0.6 is 0 Å². The lowest BCUT2D eigenvalue weighted by Gasteiger charge is -2.08. The van der Waals surface area contributed by atoms with Gasteiger partial charge in [-0.05, 0) is 6.92 Å². The number of nitrogens with zero attached hydrogens (tertiary/aromatic N) is 3. The van der Waals surface area contributed by atoms with Gasteiger partial charge in [0.15, 0.2) is 0 Å². The molecule has 0 fully saturated rings. The van der Waals surface area contributed by atoms with E-state index in [-0.39, 0.29) is 18.1 Å². The van der Waals surface area contributed by atoms with Gasteiger partial charge in [0.1, 0.15) is 5.78 Å². The van der Waals surface area contributed by atoms with E-state index in [9.17, 15) is 9.59 Å². The van der Waals surface area contributed by atoms with Crippen molar-refractivity contribution in [2.75, 3.05) is 66.1 Å². The first-order valence-corrected chi connectivity index (χ1v) is 10.1. The number of carbonyl (C=O) groups is 2. The maximum atomic E-state index is 10.7. The molecule has 0 spiro atoms. The Morgan fingerprint density at radius 2 is 1.33 bits per heavy atom. The monoisotopic (exact) mass is 430 g/mol. The molecule has 1 aromatic heterocycles. The molecule has 2 N–H and O–H groups in total. The molecule has 0 saturated heterocycles. The third kappa shape index (κ3) is 15.9. The van der Waals surface area contributed by atoms with Gasteiger partial charge in [0.2, 0.25) is 5.91 Å². The minimum Gasteiger partial charge on any atom is -0.379 e. The summed E-state index contributed by atoms with van der Waals surface area (Å²) in [7, 11) is 0. The minimum atomic E-state index is -0.352. The SMILES string of the molecule is CC(=O)CCOCCOCCOCCOCCOCCn1cc(CCC(N)=O)nn1. The van der Waals surface area contributed by atoms with Crippen molar-refractivity contribution in [2.45, 2.75) is 32.7 Å². The average Bonchev–Trinajstić information content (AvgIpc) is 3.16. The van der Waals surface area contributed by atoms with Crippen molar-refractivity contribution >= 4 is 11.7 Å². The lowest BCUT2D eigenvalue weighted by molar-refractivity contribution is -0.119. The van der Waals surface area contributed by atoms with Gasteiger partial charge in [-0.25, -0.2) is 4.68 Å². The van der Waals surface area contributed by atoms with Crippen LogP contribution in [0.25, 0.3) is 0 Å². The predicted molar refractivity (Wildman–Crippen MR) is 107 cm³/mol. The Bertz CT molecular complexity index is 583. The molecule has 1 aromatic rings. The van der Waals surface area contributed by atoms with Gasteiger partial charge in [-0.3, -0.25) is 9.59 Å². The quantitative estimate of drug-likeness (QED) is 0.262. The molecular weight excluding hydrogens is 396 g/mol. The molecule has 30 heavy (non-hydrogen) atoms. The molecule has 11 nitrogen and oxygen atoms in total. The highest BCUT2D eigenvalue weighted by Crippen LogP contribution is 1.97. The number of primary amides is 1. The van der Waals surface area contributed by atoms with E-state index < -0.39 is 0 Å². The highest BCUT2D eigenvalue weighted by Gasteiger charge is 2.03. The van der Waals surface area contributed by atoms with Crippen LogP contribution in [0.3, 0.4) is 0 Å². The number of Topliss-reactive ketones (excluding diaryl/α,β-unsaturated/α-hetero) is 1. The Morgan fingerprint density at radius 1 is 0.833 bits per heavy atom. The van der Waals surface area contributed by atoms with Gasteiger partial charge < -0.3 is 29.4 Å². The minimum absolute atomic E-state index is 0.123. The summed E-state index contributed by atoms with van der Waals surface area (Å²) in [6.45, 7) is 6.95. The van der Waals surface area contributed by atoms with Crippen LogP contribution in [0.5, 0.6) is 0 Å². The first kappa shape index (κ1) is 26.1. The van der Waals surface area contributed by atoms with E-state index in [0.29, 0.717) is 85.5 Å². The number of hydrogen-bond acceptors (Lipinski definition) is 9. The second-order valence-electron chi connectivity index (χ2n) is 6.45. The van der Waals surface area contributed by atoms with E-state index in [0.717, 1.165) is 5.69 Å². The number of amides is 1. The fourth-order valence-electron chi connectivity index (χ4n) is 2.17. The van der Waals surface area contributed by atoms with Crippen LogP contribution in [0.15, 0.2) is 6.20 Å². The zero-order chi connectivity index (χ0) is 21.9. The number of carbonyl (C=O) groups excluding carboxylic acids is 2. The second kappa shape index (κ2) is 17.9. The van der Waals surface area contributed by atoms with Crippen LogP contribution < -0.4 is 5.73 Å².